The van der Waals surface area contributed by atoms with E-state index in [-0.39, 0.29) is 0 Å². The highest BCUT2D eigenvalue weighted by atomic mass is 16.5. The van der Waals surface area contributed by atoms with E-state index in [1.165, 1.54) is 12.8 Å². The third-order valence-electron chi connectivity index (χ3n) is 2.46. The molecule has 0 aromatic carbocycles. The number of nitrogens with one attached hydrogen (secondary N) is 1. The molecule has 2 heteroatoms. The molecule has 1 N–H and O–H groups in total. The Morgan fingerprint density at radius 1 is 1.38 bits per heavy atom. The fourth-order valence-electron chi connectivity index (χ4n) is 1.73. The number of ether oxygens (including phenoxy) is 1. The van der Waals surface area contributed by atoms with Gasteiger partial charge < -0.3 is 10.1 Å². The smallest absolute Gasteiger partial charge is 0.0643 e. The zero-order chi connectivity index (χ0) is 9.90. The van der Waals surface area contributed by atoms with E-state index in [4.69, 9.17) is 4.74 Å². The fraction of sp³-hybridized carbons (Fsp3) is 1.00. The molecule has 1 saturated heterocycles. The molecule has 1 heterocycles. The van der Waals surface area contributed by atoms with E-state index in [9.17, 15) is 0 Å². The van der Waals surface area contributed by atoms with Crippen molar-refractivity contribution in [3.8, 4) is 0 Å². The first-order valence-corrected chi connectivity index (χ1v) is 5.35. The molecule has 0 amide bonds. The summed E-state index contributed by atoms with van der Waals surface area (Å²) in [6.45, 7) is 11.0. The average Bonchev–Trinajstić information content (AvgIpc) is 1.91. The molecule has 2 nitrogen and oxygen atoms in total. The second-order valence-corrected chi connectivity index (χ2v) is 5.27. The van der Waals surface area contributed by atoms with Crippen molar-refractivity contribution in [3.05, 3.63) is 0 Å². The summed E-state index contributed by atoms with van der Waals surface area (Å²) in [6.07, 6.45) is 2.47. The molecule has 0 aromatic rings. The van der Waals surface area contributed by atoms with Crippen molar-refractivity contribution in [2.24, 2.45) is 5.41 Å². The lowest BCUT2D eigenvalue weighted by Crippen LogP contribution is -2.50. The van der Waals surface area contributed by atoms with Crippen LogP contribution < -0.4 is 5.32 Å². The highest BCUT2D eigenvalue weighted by Gasteiger charge is 2.24. The molecular formula is C11H23NO. The lowest BCUT2D eigenvalue weighted by atomic mass is 9.87. The van der Waals surface area contributed by atoms with E-state index in [1.54, 1.807) is 0 Å². The molecule has 1 rings (SSSR count). The predicted molar refractivity (Wildman–Crippen MR) is 55.9 cm³/mol. The van der Waals surface area contributed by atoms with E-state index in [0.29, 0.717) is 17.5 Å². The molecule has 0 radical (unpaired) electrons. The summed E-state index contributed by atoms with van der Waals surface area (Å²) < 4.78 is 5.15. The third-order valence-corrected chi connectivity index (χ3v) is 2.46. The molecule has 0 aliphatic carbocycles. The maximum absolute atomic E-state index is 5.15. The van der Waals surface area contributed by atoms with Crippen molar-refractivity contribution in [3.63, 3.8) is 0 Å². The fourth-order valence-corrected chi connectivity index (χ4v) is 1.73. The Balaban J connectivity index is 2.25. The van der Waals surface area contributed by atoms with Gasteiger partial charge in [0.1, 0.15) is 0 Å². The van der Waals surface area contributed by atoms with Crippen LogP contribution in [0.2, 0.25) is 0 Å². The van der Waals surface area contributed by atoms with Crippen molar-refractivity contribution in [1.29, 1.82) is 0 Å². The van der Waals surface area contributed by atoms with Crippen molar-refractivity contribution in [2.75, 3.05) is 13.2 Å². The molecule has 13 heavy (non-hydrogen) atoms. The molecule has 0 aromatic heterocycles. The molecule has 1 atom stereocenters. The van der Waals surface area contributed by atoms with E-state index < -0.39 is 0 Å². The molecule has 0 spiro atoms. The summed E-state index contributed by atoms with van der Waals surface area (Å²) >= 11 is 0. The lowest BCUT2D eigenvalue weighted by molar-refractivity contribution is -0.0122. The van der Waals surface area contributed by atoms with Crippen LogP contribution in [-0.2, 0) is 4.74 Å². The summed E-state index contributed by atoms with van der Waals surface area (Å²) in [6, 6.07) is 1.28. The maximum Gasteiger partial charge on any atom is 0.0643 e. The van der Waals surface area contributed by atoms with Crippen LogP contribution in [0.5, 0.6) is 0 Å². The van der Waals surface area contributed by atoms with Crippen molar-refractivity contribution >= 4 is 0 Å². The van der Waals surface area contributed by atoms with Crippen LogP contribution in [0.4, 0.5) is 0 Å². The van der Waals surface area contributed by atoms with Gasteiger partial charge in [-0.2, -0.15) is 0 Å². The zero-order valence-corrected chi connectivity index (χ0v) is 9.39. The number of hydrogen-bond donors (Lipinski definition) is 1. The van der Waals surface area contributed by atoms with Gasteiger partial charge in [0.2, 0.25) is 0 Å². The van der Waals surface area contributed by atoms with Gasteiger partial charge in [-0.05, 0) is 18.3 Å². The van der Waals surface area contributed by atoms with E-state index in [0.717, 1.165) is 13.2 Å². The molecule has 1 fully saturated rings. The first-order valence-electron chi connectivity index (χ1n) is 5.35. The van der Waals surface area contributed by atoms with Gasteiger partial charge in [0.05, 0.1) is 19.3 Å². The van der Waals surface area contributed by atoms with Gasteiger partial charge in [-0.25, -0.2) is 0 Å². The highest BCUT2D eigenvalue weighted by Crippen LogP contribution is 2.22. The monoisotopic (exact) mass is 185 g/mol. The molecule has 0 bridgehead atoms. The lowest BCUT2D eigenvalue weighted by Gasteiger charge is -2.34. The third kappa shape index (κ3) is 4.10. The van der Waals surface area contributed by atoms with Gasteiger partial charge >= 0.3 is 0 Å². The van der Waals surface area contributed by atoms with Crippen LogP contribution in [-0.4, -0.2) is 25.3 Å². The van der Waals surface area contributed by atoms with E-state index >= 15 is 0 Å². The van der Waals surface area contributed by atoms with Crippen LogP contribution in [0, 0.1) is 5.41 Å². The van der Waals surface area contributed by atoms with Crippen LogP contribution in [0.25, 0.3) is 0 Å². The summed E-state index contributed by atoms with van der Waals surface area (Å²) in [5.74, 6) is 0. The first-order chi connectivity index (χ1) is 6.01. The number of rotatable bonds is 4. The quantitative estimate of drug-likeness (QED) is 0.725. The van der Waals surface area contributed by atoms with Crippen molar-refractivity contribution in [1.82, 2.24) is 5.32 Å². The van der Waals surface area contributed by atoms with Crippen LogP contribution in [0.1, 0.15) is 40.5 Å². The SMILES string of the molecule is CCC(CC(C)(C)C)NC1COC1. The summed E-state index contributed by atoms with van der Waals surface area (Å²) in [5.41, 5.74) is 0.429. The Kier molecular flexibility index (Phi) is 3.74. The Morgan fingerprint density at radius 2 is 2.00 bits per heavy atom. The largest absolute Gasteiger partial charge is 0.378 e. The Labute approximate surface area is 82.0 Å². The zero-order valence-electron chi connectivity index (χ0n) is 9.39. The summed E-state index contributed by atoms with van der Waals surface area (Å²) in [4.78, 5) is 0. The summed E-state index contributed by atoms with van der Waals surface area (Å²) in [5, 5.41) is 3.63. The van der Waals surface area contributed by atoms with Crippen molar-refractivity contribution in [2.45, 2.75) is 52.6 Å². The van der Waals surface area contributed by atoms with Gasteiger partial charge in [0.25, 0.3) is 0 Å². The van der Waals surface area contributed by atoms with Crippen LogP contribution >= 0.6 is 0 Å². The predicted octanol–water partition coefficient (Wildman–Crippen LogP) is 2.19. The molecule has 1 aliphatic rings. The van der Waals surface area contributed by atoms with E-state index in [1.807, 2.05) is 0 Å². The van der Waals surface area contributed by atoms with Crippen LogP contribution in [0.3, 0.4) is 0 Å². The van der Waals surface area contributed by atoms with E-state index in [2.05, 4.69) is 33.0 Å². The Bertz CT molecular complexity index is 147. The molecule has 0 saturated carbocycles. The minimum Gasteiger partial charge on any atom is -0.378 e. The van der Waals surface area contributed by atoms with Gasteiger partial charge in [-0.3, -0.25) is 0 Å². The van der Waals surface area contributed by atoms with Crippen molar-refractivity contribution < 1.29 is 4.74 Å². The Hall–Kier alpha value is -0.0800. The molecule has 1 aliphatic heterocycles. The second kappa shape index (κ2) is 4.43. The maximum atomic E-state index is 5.15. The minimum atomic E-state index is 0.429. The van der Waals surface area contributed by atoms with Gasteiger partial charge in [0, 0.05) is 6.04 Å². The average molecular weight is 185 g/mol. The Morgan fingerprint density at radius 3 is 2.31 bits per heavy atom. The molecular weight excluding hydrogens is 162 g/mol. The molecule has 1 unspecified atom stereocenters. The topological polar surface area (TPSA) is 21.3 Å². The number of hydrogen-bond acceptors (Lipinski definition) is 2. The molecule has 78 valence electrons. The summed E-state index contributed by atoms with van der Waals surface area (Å²) in [7, 11) is 0. The van der Waals surface area contributed by atoms with Gasteiger partial charge in [-0.15, -0.1) is 0 Å². The van der Waals surface area contributed by atoms with Crippen LogP contribution in [0.15, 0.2) is 0 Å². The normalized spacial score (nSPS) is 21.2. The minimum absolute atomic E-state index is 0.429. The van der Waals surface area contributed by atoms with Gasteiger partial charge in [0.15, 0.2) is 0 Å². The first kappa shape index (κ1) is 11.0. The van der Waals surface area contributed by atoms with Gasteiger partial charge in [-0.1, -0.05) is 27.7 Å². The second-order valence-electron chi connectivity index (χ2n) is 5.27. The highest BCUT2D eigenvalue weighted by molar-refractivity contribution is 4.81. The standard InChI is InChI=1S/C11H23NO/c1-5-9(6-11(2,3)4)12-10-7-13-8-10/h9-10,12H,5-8H2,1-4H3.